The van der Waals surface area contributed by atoms with Crippen molar-refractivity contribution in [2.24, 2.45) is 5.92 Å². The standard InChI is InChI=1S/C19H23FN2O2/c1-19(2,24)14-4-7-16(8-5-14)22-18(23)13-9-12-3-6-15(20)10-17(12)21-11-13/h3,6,9-11,14,16,24H,4-5,7-8H2,1-2H3,(H,22,23). The smallest absolute Gasteiger partial charge is 0.253 e. The van der Waals surface area contributed by atoms with E-state index >= 15 is 0 Å². The number of pyridine rings is 1. The second-order valence-electron chi connectivity index (χ2n) is 7.24. The molecule has 1 fully saturated rings. The number of hydrogen-bond donors (Lipinski definition) is 2. The van der Waals surface area contributed by atoms with Gasteiger partial charge in [0.1, 0.15) is 5.82 Å². The summed E-state index contributed by atoms with van der Waals surface area (Å²) in [6.45, 7) is 3.69. The van der Waals surface area contributed by atoms with Gasteiger partial charge in [-0.15, -0.1) is 0 Å². The van der Waals surface area contributed by atoms with E-state index in [1.807, 2.05) is 13.8 Å². The minimum absolute atomic E-state index is 0.125. The molecule has 1 amide bonds. The van der Waals surface area contributed by atoms with Crippen molar-refractivity contribution in [1.29, 1.82) is 0 Å². The van der Waals surface area contributed by atoms with Crippen molar-refractivity contribution in [3.63, 3.8) is 0 Å². The van der Waals surface area contributed by atoms with Crippen LogP contribution >= 0.6 is 0 Å². The maximum atomic E-state index is 13.2. The molecule has 0 atom stereocenters. The van der Waals surface area contributed by atoms with E-state index in [2.05, 4.69) is 10.3 Å². The molecule has 128 valence electrons. The number of aliphatic hydroxyl groups is 1. The molecule has 1 aliphatic carbocycles. The van der Waals surface area contributed by atoms with Crippen LogP contribution in [0.5, 0.6) is 0 Å². The predicted molar refractivity (Wildman–Crippen MR) is 91.2 cm³/mol. The van der Waals surface area contributed by atoms with Gasteiger partial charge in [-0.25, -0.2) is 4.39 Å². The molecule has 0 spiro atoms. The Bertz CT molecular complexity index is 747. The highest BCUT2D eigenvalue weighted by Crippen LogP contribution is 2.32. The van der Waals surface area contributed by atoms with Crippen LogP contribution in [-0.4, -0.2) is 27.6 Å². The van der Waals surface area contributed by atoms with Crippen LogP contribution in [0.3, 0.4) is 0 Å². The summed E-state index contributed by atoms with van der Waals surface area (Å²) < 4.78 is 13.2. The van der Waals surface area contributed by atoms with Crippen LogP contribution in [0.2, 0.25) is 0 Å². The maximum Gasteiger partial charge on any atom is 0.253 e. The average molecular weight is 330 g/mol. The van der Waals surface area contributed by atoms with Crippen LogP contribution < -0.4 is 5.32 Å². The largest absolute Gasteiger partial charge is 0.390 e. The van der Waals surface area contributed by atoms with Crippen molar-refractivity contribution in [2.75, 3.05) is 0 Å². The number of nitrogens with zero attached hydrogens (tertiary/aromatic N) is 1. The Morgan fingerprint density at radius 3 is 2.62 bits per heavy atom. The minimum Gasteiger partial charge on any atom is -0.390 e. The fourth-order valence-electron chi connectivity index (χ4n) is 3.43. The van der Waals surface area contributed by atoms with E-state index in [4.69, 9.17) is 0 Å². The van der Waals surface area contributed by atoms with Gasteiger partial charge in [0.05, 0.1) is 16.7 Å². The lowest BCUT2D eigenvalue weighted by atomic mass is 9.77. The third-order valence-electron chi connectivity index (χ3n) is 4.97. The number of nitrogens with one attached hydrogen (secondary N) is 1. The third-order valence-corrected chi connectivity index (χ3v) is 4.97. The van der Waals surface area contributed by atoms with Gasteiger partial charge in [-0.1, -0.05) is 0 Å². The molecular formula is C19H23FN2O2. The molecule has 24 heavy (non-hydrogen) atoms. The summed E-state index contributed by atoms with van der Waals surface area (Å²) in [4.78, 5) is 16.6. The molecule has 0 unspecified atom stereocenters. The SMILES string of the molecule is CC(C)(O)C1CCC(NC(=O)c2cnc3cc(F)ccc3c2)CC1. The number of halogens is 1. The van der Waals surface area contributed by atoms with Crippen LogP contribution in [0.15, 0.2) is 30.5 Å². The van der Waals surface area contributed by atoms with E-state index in [1.54, 1.807) is 12.1 Å². The second kappa shape index (κ2) is 6.48. The van der Waals surface area contributed by atoms with Gasteiger partial charge >= 0.3 is 0 Å². The number of benzene rings is 1. The summed E-state index contributed by atoms with van der Waals surface area (Å²) in [5.41, 5.74) is 0.364. The number of hydrogen-bond acceptors (Lipinski definition) is 3. The summed E-state index contributed by atoms with van der Waals surface area (Å²) in [5, 5.41) is 13.9. The zero-order valence-electron chi connectivity index (χ0n) is 14.1. The lowest BCUT2D eigenvalue weighted by molar-refractivity contribution is -0.00257. The Labute approximate surface area is 141 Å². The molecule has 1 aromatic heterocycles. The van der Waals surface area contributed by atoms with Gasteiger partial charge in [-0.2, -0.15) is 0 Å². The lowest BCUT2D eigenvalue weighted by Crippen LogP contribution is -2.41. The Kier molecular flexibility index (Phi) is 4.54. The van der Waals surface area contributed by atoms with Crippen LogP contribution in [0, 0.1) is 11.7 Å². The third kappa shape index (κ3) is 3.73. The molecule has 2 aromatic rings. The molecule has 1 saturated carbocycles. The molecule has 2 N–H and O–H groups in total. The Morgan fingerprint density at radius 2 is 1.96 bits per heavy atom. The van der Waals surface area contributed by atoms with Crippen molar-refractivity contribution < 1.29 is 14.3 Å². The van der Waals surface area contributed by atoms with Crippen LogP contribution in [0.25, 0.3) is 10.9 Å². The number of amides is 1. The van der Waals surface area contributed by atoms with Crippen molar-refractivity contribution in [1.82, 2.24) is 10.3 Å². The summed E-state index contributed by atoms with van der Waals surface area (Å²) in [5.74, 6) is -0.209. The highest BCUT2D eigenvalue weighted by atomic mass is 19.1. The first kappa shape index (κ1) is 16.8. The van der Waals surface area contributed by atoms with E-state index in [9.17, 15) is 14.3 Å². The maximum absolute atomic E-state index is 13.2. The molecule has 0 saturated heterocycles. The number of aromatic nitrogens is 1. The monoisotopic (exact) mass is 330 g/mol. The summed E-state index contributed by atoms with van der Waals surface area (Å²) >= 11 is 0. The molecule has 0 radical (unpaired) electrons. The van der Waals surface area contributed by atoms with E-state index in [0.29, 0.717) is 11.1 Å². The Morgan fingerprint density at radius 1 is 1.25 bits per heavy atom. The first-order valence-electron chi connectivity index (χ1n) is 8.41. The molecule has 1 aromatic carbocycles. The molecule has 1 heterocycles. The lowest BCUT2D eigenvalue weighted by Gasteiger charge is -2.36. The van der Waals surface area contributed by atoms with E-state index in [1.165, 1.54) is 18.3 Å². The second-order valence-corrected chi connectivity index (χ2v) is 7.24. The predicted octanol–water partition coefficient (Wildman–Crippen LogP) is 3.43. The quantitative estimate of drug-likeness (QED) is 0.906. The van der Waals surface area contributed by atoms with Gasteiger partial charge in [0.15, 0.2) is 0 Å². The molecule has 0 bridgehead atoms. The van der Waals surface area contributed by atoms with E-state index < -0.39 is 5.60 Å². The number of carbonyl (C=O) groups excluding carboxylic acids is 1. The summed E-state index contributed by atoms with van der Waals surface area (Å²) in [7, 11) is 0. The number of fused-ring (bicyclic) bond motifs is 1. The van der Waals surface area contributed by atoms with Gasteiger partial charge in [-0.3, -0.25) is 9.78 Å². The van der Waals surface area contributed by atoms with Crippen molar-refractivity contribution in [2.45, 2.75) is 51.2 Å². The van der Waals surface area contributed by atoms with Gasteiger partial charge in [0.25, 0.3) is 5.91 Å². The zero-order valence-corrected chi connectivity index (χ0v) is 14.1. The van der Waals surface area contributed by atoms with Crippen molar-refractivity contribution in [3.05, 3.63) is 41.8 Å². The molecular weight excluding hydrogens is 307 g/mol. The molecule has 0 aliphatic heterocycles. The van der Waals surface area contributed by atoms with Crippen LogP contribution in [-0.2, 0) is 0 Å². The first-order chi connectivity index (χ1) is 11.3. The number of rotatable bonds is 3. The molecule has 5 heteroatoms. The zero-order chi connectivity index (χ0) is 17.3. The van der Waals surface area contributed by atoms with Crippen molar-refractivity contribution in [3.8, 4) is 0 Å². The van der Waals surface area contributed by atoms with Gasteiger partial charge in [0.2, 0.25) is 0 Å². The Hall–Kier alpha value is -2.01. The van der Waals surface area contributed by atoms with Crippen LogP contribution in [0.4, 0.5) is 4.39 Å². The topological polar surface area (TPSA) is 62.2 Å². The molecule has 3 rings (SSSR count). The Balaban J connectivity index is 1.64. The fraction of sp³-hybridized carbons (Fsp3) is 0.474. The minimum atomic E-state index is -0.660. The normalized spacial score (nSPS) is 21.7. The van der Waals surface area contributed by atoms with Gasteiger partial charge < -0.3 is 10.4 Å². The molecule has 1 aliphatic rings. The molecule has 4 nitrogen and oxygen atoms in total. The van der Waals surface area contributed by atoms with E-state index in [-0.39, 0.29) is 23.7 Å². The average Bonchev–Trinajstić information content (AvgIpc) is 2.54. The summed E-state index contributed by atoms with van der Waals surface area (Å²) in [6.07, 6.45) is 5.03. The van der Waals surface area contributed by atoms with Gasteiger partial charge in [0, 0.05) is 23.7 Å². The first-order valence-corrected chi connectivity index (χ1v) is 8.41. The highest BCUT2D eigenvalue weighted by molar-refractivity contribution is 5.97. The van der Waals surface area contributed by atoms with Crippen molar-refractivity contribution >= 4 is 16.8 Å². The fourth-order valence-corrected chi connectivity index (χ4v) is 3.43. The summed E-state index contributed by atoms with van der Waals surface area (Å²) in [6, 6.07) is 6.21. The van der Waals surface area contributed by atoms with E-state index in [0.717, 1.165) is 31.1 Å². The van der Waals surface area contributed by atoms with Crippen LogP contribution in [0.1, 0.15) is 49.9 Å². The van der Waals surface area contributed by atoms with Gasteiger partial charge in [-0.05, 0) is 63.6 Å². The highest BCUT2D eigenvalue weighted by Gasteiger charge is 2.31. The number of carbonyl (C=O) groups is 1.